The average Bonchev–Trinajstić information content (AvgIpc) is 4.03. The molecular weight excluding hydrogens is 903 g/mol. The van der Waals surface area contributed by atoms with Crippen LogP contribution < -0.4 is 16.2 Å². The van der Waals surface area contributed by atoms with Crippen LogP contribution in [-0.4, -0.2) is 97.0 Å². The van der Waals surface area contributed by atoms with Crippen LogP contribution in [0, 0.1) is 5.41 Å². The zero-order chi connectivity index (χ0) is 48.0. The number of aromatic amines is 1. The van der Waals surface area contributed by atoms with E-state index in [1.165, 1.54) is 28.7 Å². The van der Waals surface area contributed by atoms with Gasteiger partial charge in [-0.2, -0.15) is 0 Å². The number of thiophene rings is 2. The molecular formula is C51H67N5O8S2Si. The standard InChI is InChI=1S/C51H67N5O8S2Si/c1-49(2,3)67(5,6)64-41(38-18-20-40(57)47-39(38)19-21-45(59)54-47)34-52-33-35-14-16-36(17-15-35)53-44(58)13-7-8-25-55(4)46(60)22-26-56-27-23-50(24-28-56)31-37(32-50)63-51(48(61)62,42-11-9-29-65-42)43-12-10-30-66-43/h9-12,14-21,29-30,37,41,52,57H,7-8,13,22-28,31-34H2,1-6H3,(H,53,58)(H,54,59)(H,61,62)/t41-/m0/s1. The predicted octanol–water partition coefficient (Wildman–Crippen LogP) is 9.46. The number of fused-ring (bicyclic) bond motifs is 1. The van der Waals surface area contributed by atoms with E-state index in [-0.39, 0.29) is 45.8 Å². The molecule has 2 aliphatic rings. The quantitative estimate of drug-likeness (QED) is 0.0352. The van der Waals surface area contributed by atoms with Gasteiger partial charge in [-0.3, -0.25) is 14.4 Å². The minimum atomic E-state index is -2.22. The van der Waals surface area contributed by atoms with Gasteiger partial charge < -0.3 is 44.8 Å². The van der Waals surface area contributed by atoms with Gasteiger partial charge in [0.1, 0.15) is 5.75 Å². The van der Waals surface area contributed by atoms with Crippen LogP contribution in [0.5, 0.6) is 5.75 Å². The number of ether oxygens (including phenoxy) is 1. The number of aromatic nitrogens is 1. The fourth-order valence-electron chi connectivity index (χ4n) is 9.12. The number of hydrogen-bond donors (Lipinski definition) is 5. The predicted molar refractivity (Wildman–Crippen MR) is 269 cm³/mol. The molecule has 2 aromatic carbocycles. The zero-order valence-corrected chi connectivity index (χ0v) is 42.3. The lowest BCUT2D eigenvalue weighted by Gasteiger charge is -2.53. The number of carbonyl (C=O) groups excluding carboxylic acids is 2. The molecule has 1 aliphatic carbocycles. The number of rotatable bonds is 21. The van der Waals surface area contributed by atoms with Crippen LogP contribution in [0.3, 0.4) is 0 Å². The Labute approximate surface area is 403 Å². The Hall–Kier alpha value is -4.68. The molecule has 16 heteroatoms. The SMILES string of the molecule is CN(CCCCC(=O)Nc1ccc(CNC[C@H](O[Si](C)(C)C(C)(C)C)c2ccc(O)c3[nH]c(=O)ccc23)cc1)C(=O)CCN1CCC2(CC1)CC(OC(C(=O)O)(c1cccs1)c1cccs1)C2. The summed E-state index contributed by atoms with van der Waals surface area (Å²) in [5.41, 5.74) is 1.47. The molecule has 1 saturated carbocycles. The van der Waals surface area contributed by atoms with Gasteiger partial charge in [-0.15, -0.1) is 22.7 Å². The molecule has 5 N–H and O–H groups in total. The first-order valence-corrected chi connectivity index (χ1v) is 28.1. The largest absolute Gasteiger partial charge is 0.506 e. The Balaban J connectivity index is 0.789. The number of phenols is 1. The van der Waals surface area contributed by atoms with Crippen LogP contribution in [0.2, 0.25) is 18.1 Å². The number of likely N-dealkylation sites (tertiary alicyclic amines) is 1. The summed E-state index contributed by atoms with van der Waals surface area (Å²) in [6, 6.07) is 21.9. The summed E-state index contributed by atoms with van der Waals surface area (Å²) in [5, 5.41) is 32.1. The van der Waals surface area contributed by atoms with Crippen molar-refractivity contribution in [3.63, 3.8) is 0 Å². The van der Waals surface area contributed by atoms with Crippen molar-refractivity contribution in [3.8, 4) is 5.75 Å². The molecule has 4 heterocycles. The highest BCUT2D eigenvalue weighted by Crippen LogP contribution is 2.53. The summed E-state index contributed by atoms with van der Waals surface area (Å²) in [6.07, 6.45) is 5.50. The molecule has 0 radical (unpaired) electrons. The van der Waals surface area contributed by atoms with Crippen molar-refractivity contribution < 1.29 is 33.8 Å². The number of nitrogens with one attached hydrogen (secondary N) is 3. The molecule has 13 nitrogen and oxygen atoms in total. The van der Waals surface area contributed by atoms with Crippen LogP contribution in [0.25, 0.3) is 10.9 Å². The highest BCUT2D eigenvalue weighted by atomic mass is 32.1. The topological polar surface area (TPSA) is 174 Å². The fraction of sp³-hybridized carbons (Fsp3) is 0.490. The molecule has 1 spiro atoms. The second-order valence-corrected chi connectivity index (χ2v) is 26.6. The molecule has 0 bridgehead atoms. The van der Waals surface area contributed by atoms with Gasteiger partial charge in [-0.25, -0.2) is 4.79 Å². The maximum atomic E-state index is 13.1. The van der Waals surface area contributed by atoms with E-state index in [1.807, 2.05) is 72.4 Å². The number of H-pyrrole nitrogens is 1. The minimum absolute atomic E-state index is 0.0163. The highest BCUT2D eigenvalue weighted by molar-refractivity contribution is 7.12. The maximum Gasteiger partial charge on any atom is 0.347 e. The average molecular weight is 970 g/mol. The molecule has 360 valence electrons. The minimum Gasteiger partial charge on any atom is -0.506 e. The smallest absolute Gasteiger partial charge is 0.347 e. The van der Waals surface area contributed by atoms with Crippen LogP contribution in [-0.2, 0) is 35.7 Å². The first-order valence-electron chi connectivity index (χ1n) is 23.5. The van der Waals surface area contributed by atoms with E-state index in [9.17, 15) is 29.4 Å². The third kappa shape index (κ3) is 12.0. The number of carbonyl (C=O) groups is 3. The summed E-state index contributed by atoms with van der Waals surface area (Å²) in [5.74, 6) is -0.917. The number of carboxylic acid groups (broad SMARTS) is 1. The lowest BCUT2D eigenvalue weighted by Crippen LogP contribution is -2.53. The Kier molecular flexibility index (Phi) is 16.0. The Bertz CT molecular complexity index is 2470. The number of amides is 2. The second-order valence-electron chi connectivity index (χ2n) is 20.0. The van der Waals surface area contributed by atoms with Crippen molar-refractivity contribution >= 4 is 65.4 Å². The molecule has 5 aromatic rings. The normalized spacial score (nSPS) is 16.2. The number of aliphatic carboxylic acids is 1. The molecule has 1 atom stereocenters. The van der Waals surface area contributed by atoms with Crippen LogP contribution >= 0.6 is 22.7 Å². The highest BCUT2D eigenvalue weighted by Gasteiger charge is 2.53. The number of nitrogens with zero attached hydrogens (tertiary/aromatic N) is 2. The summed E-state index contributed by atoms with van der Waals surface area (Å²) >= 11 is 2.83. The van der Waals surface area contributed by atoms with Gasteiger partial charge in [0.25, 0.3) is 0 Å². The summed E-state index contributed by atoms with van der Waals surface area (Å²) in [6.45, 7) is 15.2. The Morgan fingerprint density at radius 2 is 1.61 bits per heavy atom. The van der Waals surface area contributed by atoms with Crippen LogP contribution in [0.15, 0.2) is 88.4 Å². The number of hydrogen-bond acceptors (Lipinski definition) is 11. The van der Waals surface area contributed by atoms with E-state index in [1.54, 1.807) is 17.0 Å². The third-order valence-electron chi connectivity index (χ3n) is 14.2. The van der Waals surface area contributed by atoms with E-state index >= 15 is 0 Å². The van der Waals surface area contributed by atoms with Crippen molar-refractivity contribution in [2.45, 2.75) is 115 Å². The monoisotopic (exact) mass is 969 g/mol. The number of piperidine rings is 1. The second kappa shape index (κ2) is 21.3. The van der Waals surface area contributed by atoms with E-state index in [0.717, 1.165) is 67.4 Å². The van der Waals surface area contributed by atoms with Crippen molar-refractivity contribution in [1.82, 2.24) is 20.1 Å². The summed E-state index contributed by atoms with van der Waals surface area (Å²) < 4.78 is 13.5. The number of pyridine rings is 1. The molecule has 67 heavy (non-hydrogen) atoms. The lowest BCUT2D eigenvalue weighted by atomic mass is 9.61. The fourth-order valence-corrected chi connectivity index (χ4v) is 12.2. The third-order valence-corrected chi connectivity index (χ3v) is 20.7. The molecule has 1 aliphatic heterocycles. The van der Waals surface area contributed by atoms with E-state index in [4.69, 9.17) is 9.16 Å². The van der Waals surface area contributed by atoms with E-state index < -0.39 is 19.9 Å². The number of benzene rings is 2. The number of phenolic OH excluding ortho intramolecular Hbond substituents is 1. The molecule has 2 amide bonds. The maximum absolute atomic E-state index is 13.1. The van der Waals surface area contributed by atoms with Crippen molar-refractivity contribution in [2.75, 3.05) is 45.1 Å². The van der Waals surface area contributed by atoms with E-state index in [0.29, 0.717) is 60.7 Å². The van der Waals surface area contributed by atoms with Crippen LogP contribution in [0.1, 0.15) is 99.1 Å². The molecule has 2 fully saturated rings. The van der Waals surface area contributed by atoms with E-state index in [2.05, 4.69) is 54.4 Å². The zero-order valence-electron chi connectivity index (χ0n) is 39.7. The first kappa shape index (κ1) is 50.2. The summed E-state index contributed by atoms with van der Waals surface area (Å²) in [4.78, 5) is 59.1. The molecule has 7 rings (SSSR count). The van der Waals surface area contributed by atoms with Gasteiger partial charge in [0.2, 0.25) is 23.0 Å². The van der Waals surface area contributed by atoms with Gasteiger partial charge in [-0.1, -0.05) is 51.1 Å². The number of aromatic hydroxyl groups is 1. The number of unbranched alkanes of at least 4 members (excludes halogenated alkanes) is 1. The van der Waals surface area contributed by atoms with Gasteiger partial charge >= 0.3 is 5.97 Å². The van der Waals surface area contributed by atoms with Crippen LogP contribution in [0.4, 0.5) is 5.69 Å². The van der Waals surface area contributed by atoms with Crippen molar-refractivity contribution in [2.24, 2.45) is 5.41 Å². The lowest BCUT2D eigenvalue weighted by molar-refractivity contribution is -0.190. The number of anilines is 1. The van der Waals surface area contributed by atoms with Gasteiger partial charge in [0.15, 0.2) is 8.32 Å². The molecule has 3 aromatic heterocycles. The Morgan fingerprint density at radius 1 is 0.940 bits per heavy atom. The summed E-state index contributed by atoms with van der Waals surface area (Å²) in [7, 11) is -0.381. The van der Waals surface area contributed by atoms with Crippen molar-refractivity contribution in [3.05, 3.63) is 115 Å². The van der Waals surface area contributed by atoms with Gasteiger partial charge in [0, 0.05) is 63.2 Å². The molecule has 1 saturated heterocycles. The molecule has 0 unspecified atom stereocenters. The van der Waals surface area contributed by atoms with Gasteiger partial charge in [-0.05, 0) is 133 Å². The van der Waals surface area contributed by atoms with Crippen molar-refractivity contribution in [1.29, 1.82) is 0 Å². The van der Waals surface area contributed by atoms with Gasteiger partial charge in [0.05, 0.1) is 27.5 Å². The Morgan fingerprint density at radius 3 is 2.22 bits per heavy atom. The number of carboxylic acids is 1. The first-order chi connectivity index (χ1) is 31.9.